The lowest BCUT2D eigenvalue weighted by Crippen LogP contribution is -2.44. The molecule has 0 spiro atoms. The summed E-state index contributed by atoms with van der Waals surface area (Å²) < 4.78 is 17.1. The lowest BCUT2D eigenvalue weighted by molar-refractivity contribution is -0.122. The number of amides is 2. The van der Waals surface area contributed by atoms with Crippen molar-refractivity contribution in [3.05, 3.63) is 45.6 Å². The van der Waals surface area contributed by atoms with E-state index in [1.807, 2.05) is 40.1 Å². The van der Waals surface area contributed by atoms with Crippen molar-refractivity contribution in [2.75, 3.05) is 53.8 Å². The summed E-state index contributed by atoms with van der Waals surface area (Å²) in [5, 5.41) is 9.21. The van der Waals surface area contributed by atoms with Gasteiger partial charge in [0.1, 0.15) is 6.04 Å². The lowest BCUT2D eigenvalue weighted by atomic mass is 9.95. The van der Waals surface area contributed by atoms with E-state index in [9.17, 15) is 14.4 Å². The molecule has 3 N–H and O–H groups in total. The molecule has 224 valence electrons. The van der Waals surface area contributed by atoms with Gasteiger partial charge in [-0.05, 0) is 80.7 Å². The molecular formula is C31H44N4O6. The Morgan fingerprint density at radius 1 is 1.05 bits per heavy atom. The van der Waals surface area contributed by atoms with E-state index in [0.717, 1.165) is 29.7 Å². The van der Waals surface area contributed by atoms with Crippen molar-refractivity contribution in [1.82, 2.24) is 15.5 Å². The fourth-order valence-corrected chi connectivity index (χ4v) is 5.25. The maximum atomic E-state index is 13.7. The van der Waals surface area contributed by atoms with Gasteiger partial charge in [-0.2, -0.15) is 0 Å². The van der Waals surface area contributed by atoms with Crippen molar-refractivity contribution in [3.8, 4) is 28.4 Å². The van der Waals surface area contributed by atoms with E-state index in [1.165, 1.54) is 6.92 Å². The van der Waals surface area contributed by atoms with Gasteiger partial charge in [0, 0.05) is 19.0 Å². The molecule has 2 amide bonds. The molecular weight excluding hydrogens is 524 g/mol. The van der Waals surface area contributed by atoms with Crippen molar-refractivity contribution in [3.63, 3.8) is 0 Å². The van der Waals surface area contributed by atoms with Crippen LogP contribution in [0.1, 0.15) is 50.8 Å². The minimum Gasteiger partial charge on any atom is -0.493 e. The average molecular weight is 569 g/mol. The summed E-state index contributed by atoms with van der Waals surface area (Å²) in [4.78, 5) is 41.0. The molecule has 1 aliphatic rings. The Morgan fingerprint density at radius 3 is 2.34 bits per heavy atom. The van der Waals surface area contributed by atoms with Gasteiger partial charge in [0.25, 0.3) is 0 Å². The summed E-state index contributed by atoms with van der Waals surface area (Å²) in [6.45, 7) is 6.74. The third-order valence-electron chi connectivity index (χ3n) is 7.26. The average Bonchev–Trinajstić information content (AvgIpc) is 3.16. The lowest BCUT2D eigenvalue weighted by Gasteiger charge is -2.22. The molecule has 0 bridgehead atoms. The van der Waals surface area contributed by atoms with Crippen molar-refractivity contribution in [2.45, 2.75) is 52.1 Å². The number of fused-ring (bicyclic) bond motifs is 3. The molecule has 2 aromatic carbocycles. The van der Waals surface area contributed by atoms with E-state index in [1.54, 1.807) is 33.5 Å². The number of aryl methyl sites for hydroxylation is 1. The van der Waals surface area contributed by atoms with E-state index < -0.39 is 12.1 Å². The summed E-state index contributed by atoms with van der Waals surface area (Å²) in [6, 6.07) is 5.99. The zero-order valence-electron chi connectivity index (χ0n) is 25.5. The fraction of sp³-hybridized carbons (Fsp3) is 0.516. The van der Waals surface area contributed by atoms with Crippen molar-refractivity contribution >= 4 is 17.5 Å². The van der Waals surface area contributed by atoms with E-state index in [-0.39, 0.29) is 23.2 Å². The Labute approximate surface area is 242 Å². The summed E-state index contributed by atoms with van der Waals surface area (Å²) >= 11 is 0. The van der Waals surface area contributed by atoms with Crippen LogP contribution in [0, 0.1) is 5.92 Å². The van der Waals surface area contributed by atoms with Gasteiger partial charge in [-0.3, -0.25) is 14.4 Å². The second kappa shape index (κ2) is 14.2. The second-order valence-corrected chi connectivity index (χ2v) is 10.9. The highest BCUT2D eigenvalue weighted by Gasteiger charge is 2.30. The number of hydrogen-bond donors (Lipinski definition) is 3. The molecule has 3 rings (SSSR count). The molecule has 0 saturated heterocycles. The number of benzene rings is 1. The van der Waals surface area contributed by atoms with E-state index in [2.05, 4.69) is 20.9 Å². The van der Waals surface area contributed by atoms with Crippen LogP contribution in [0.25, 0.3) is 11.1 Å². The van der Waals surface area contributed by atoms with Crippen LogP contribution in [0.3, 0.4) is 0 Å². The molecule has 2 aromatic rings. The van der Waals surface area contributed by atoms with Crippen LogP contribution in [0.5, 0.6) is 17.2 Å². The standard InChI is InChI=1S/C31H44N4O6/c1-18(2)28(31(38)32-14-9-15-35(4)5)34-24-13-11-21-22(17-25(24)37)23(33-19(3)36)12-10-20-16-26(39-6)29(40-7)30(41-8)27(20)21/h11,13,16-18,23,28H,9-10,12,14-15H2,1-8H3,(H,32,38)(H,33,36)(H,34,37)/t23-,28-/m1/s1. The van der Waals surface area contributed by atoms with Gasteiger partial charge in [0.2, 0.25) is 23.0 Å². The Kier molecular flexibility index (Phi) is 11.0. The van der Waals surface area contributed by atoms with Gasteiger partial charge in [-0.25, -0.2) is 0 Å². The number of nitrogens with zero attached hydrogens (tertiary/aromatic N) is 1. The predicted octanol–water partition coefficient (Wildman–Crippen LogP) is 3.37. The third-order valence-corrected chi connectivity index (χ3v) is 7.26. The summed E-state index contributed by atoms with van der Waals surface area (Å²) in [5.74, 6) is 1.03. The molecule has 10 heteroatoms. The number of carbonyl (C=O) groups is 2. The van der Waals surface area contributed by atoms with E-state index >= 15 is 0 Å². The van der Waals surface area contributed by atoms with E-state index in [0.29, 0.717) is 47.9 Å². The van der Waals surface area contributed by atoms with Crippen molar-refractivity contribution in [1.29, 1.82) is 0 Å². The van der Waals surface area contributed by atoms with Gasteiger partial charge < -0.3 is 35.1 Å². The van der Waals surface area contributed by atoms with Crippen molar-refractivity contribution in [2.24, 2.45) is 5.92 Å². The number of anilines is 1. The van der Waals surface area contributed by atoms with Gasteiger partial charge >= 0.3 is 0 Å². The number of carbonyl (C=O) groups excluding carboxylic acids is 2. The molecule has 1 aliphatic carbocycles. The van der Waals surface area contributed by atoms with Crippen LogP contribution >= 0.6 is 0 Å². The van der Waals surface area contributed by atoms with Gasteiger partial charge in [-0.1, -0.05) is 19.9 Å². The number of methoxy groups -OCH3 is 3. The minimum atomic E-state index is -0.610. The molecule has 0 fully saturated rings. The maximum Gasteiger partial charge on any atom is 0.242 e. The zero-order valence-corrected chi connectivity index (χ0v) is 25.5. The zero-order chi connectivity index (χ0) is 30.3. The van der Waals surface area contributed by atoms with Crippen LogP contribution < -0.4 is 35.6 Å². The first-order valence-corrected chi connectivity index (χ1v) is 14.0. The number of hydrogen-bond acceptors (Lipinski definition) is 8. The highest BCUT2D eigenvalue weighted by Crippen LogP contribution is 2.50. The maximum absolute atomic E-state index is 13.7. The molecule has 2 atom stereocenters. The molecule has 10 nitrogen and oxygen atoms in total. The molecule has 41 heavy (non-hydrogen) atoms. The van der Waals surface area contributed by atoms with Gasteiger partial charge in [0.15, 0.2) is 11.5 Å². The molecule has 0 saturated carbocycles. The monoisotopic (exact) mass is 568 g/mol. The van der Waals surface area contributed by atoms with Crippen LogP contribution in [0.15, 0.2) is 29.1 Å². The number of nitrogens with one attached hydrogen (secondary N) is 3. The minimum absolute atomic E-state index is 0.0729. The molecule has 0 heterocycles. The Balaban J connectivity index is 2.13. The third kappa shape index (κ3) is 7.49. The summed E-state index contributed by atoms with van der Waals surface area (Å²) in [7, 11) is 8.66. The van der Waals surface area contributed by atoms with Crippen LogP contribution in [-0.2, 0) is 16.0 Å². The molecule has 0 aromatic heterocycles. The largest absolute Gasteiger partial charge is 0.493 e. The molecule has 0 aliphatic heterocycles. The Morgan fingerprint density at radius 2 is 1.76 bits per heavy atom. The second-order valence-electron chi connectivity index (χ2n) is 10.9. The first-order valence-electron chi connectivity index (χ1n) is 14.0. The Hall–Kier alpha value is -3.79. The first kappa shape index (κ1) is 31.7. The highest BCUT2D eigenvalue weighted by molar-refractivity contribution is 5.86. The number of ether oxygens (including phenoxy) is 3. The molecule has 0 radical (unpaired) electrons. The smallest absolute Gasteiger partial charge is 0.242 e. The van der Waals surface area contributed by atoms with Gasteiger partial charge in [-0.15, -0.1) is 0 Å². The van der Waals surface area contributed by atoms with Crippen LogP contribution in [0.4, 0.5) is 5.69 Å². The summed E-state index contributed by atoms with van der Waals surface area (Å²) in [5.41, 5.74) is 3.12. The van der Waals surface area contributed by atoms with Crippen LogP contribution in [-0.4, -0.2) is 71.3 Å². The topological polar surface area (TPSA) is 118 Å². The quantitative estimate of drug-likeness (QED) is 0.334. The molecule has 0 unspecified atom stereocenters. The normalized spacial score (nSPS) is 14.8. The van der Waals surface area contributed by atoms with Gasteiger partial charge in [0.05, 0.1) is 33.1 Å². The fourth-order valence-electron chi connectivity index (χ4n) is 5.25. The first-order chi connectivity index (χ1) is 19.5. The van der Waals surface area contributed by atoms with Crippen LogP contribution in [0.2, 0.25) is 0 Å². The SMILES string of the molecule is COc1cc2c(c(OC)c1OC)-c1ccc(N[C@@H](C(=O)NCCCN(C)C)C(C)C)c(=O)cc1[C@H](NC(C)=O)CC2. The Bertz CT molecular complexity index is 1310. The predicted molar refractivity (Wildman–Crippen MR) is 161 cm³/mol. The van der Waals surface area contributed by atoms with E-state index in [4.69, 9.17) is 14.2 Å². The van der Waals surface area contributed by atoms with Crippen molar-refractivity contribution < 1.29 is 23.8 Å². The highest BCUT2D eigenvalue weighted by atomic mass is 16.5. The number of rotatable bonds is 12. The summed E-state index contributed by atoms with van der Waals surface area (Å²) in [6.07, 6.45) is 2.00.